The first-order valence-electron chi connectivity index (χ1n) is 10.4. The van der Waals surface area contributed by atoms with Crippen molar-refractivity contribution in [2.24, 2.45) is 0 Å². The normalized spacial score (nSPS) is 18.0. The van der Waals surface area contributed by atoms with Crippen LogP contribution < -0.4 is 20.5 Å². The molecule has 0 radical (unpaired) electrons. The summed E-state index contributed by atoms with van der Waals surface area (Å²) < 4.78 is 24.0. The number of benzene rings is 1. The number of nitrogens with zero attached hydrogens (tertiary/aromatic N) is 3. The van der Waals surface area contributed by atoms with Crippen molar-refractivity contribution in [2.75, 3.05) is 45.8 Å². The Morgan fingerprint density at radius 2 is 1.97 bits per heavy atom. The van der Waals surface area contributed by atoms with Crippen molar-refractivity contribution in [2.45, 2.75) is 25.5 Å². The maximum absolute atomic E-state index is 13.0. The van der Waals surface area contributed by atoms with Crippen molar-refractivity contribution < 1.29 is 23.7 Å². The number of hydrogen-bond acceptors (Lipinski definition) is 8. The second kappa shape index (κ2) is 8.20. The topological polar surface area (TPSA) is 123 Å². The molecule has 3 aromatic rings. The molecule has 2 aliphatic rings. The predicted molar refractivity (Wildman–Crippen MR) is 114 cm³/mol. The highest BCUT2D eigenvalue weighted by molar-refractivity contribution is 6.10. The van der Waals surface area contributed by atoms with Gasteiger partial charge in [-0.25, -0.2) is 9.97 Å². The average Bonchev–Trinajstić information content (AvgIpc) is 3.37. The fraction of sp³-hybridized carbons (Fsp3) is 0.476. The zero-order chi connectivity index (χ0) is 21.4. The highest BCUT2D eigenvalue weighted by Crippen LogP contribution is 2.36. The number of hydrogen-bond donors (Lipinski definition) is 2. The van der Waals surface area contributed by atoms with Gasteiger partial charge in [-0.05, 0) is 12.8 Å². The average molecular weight is 427 g/mol. The van der Waals surface area contributed by atoms with Gasteiger partial charge in [-0.15, -0.1) is 0 Å². The summed E-state index contributed by atoms with van der Waals surface area (Å²) >= 11 is 0. The van der Waals surface area contributed by atoms with Crippen LogP contribution in [0.5, 0.6) is 11.5 Å². The van der Waals surface area contributed by atoms with Gasteiger partial charge in [0, 0.05) is 32.4 Å². The minimum atomic E-state index is -0.308. The van der Waals surface area contributed by atoms with Gasteiger partial charge in [0.1, 0.15) is 30.1 Å². The Bertz CT molecular complexity index is 1140. The van der Waals surface area contributed by atoms with E-state index in [9.17, 15) is 4.79 Å². The van der Waals surface area contributed by atoms with Crippen molar-refractivity contribution >= 4 is 33.9 Å². The molecular weight excluding hydrogens is 402 g/mol. The summed E-state index contributed by atoms with van der Waals surface area (Å²) in [6, 6.07) is 3.60. The predicted octanol–water partition coefficient (Wildman–Crippen LogP) is 1.49. The number of carbonyl (C=O) groups excluding carboxylic acids is 1. The highest BCUT2D eigenvalue weighted by atomic mass is 16.6. The molecule has 0 bridgehead atoms. The third-order valence-electron chi connectivity index (χ3n) is 5.58. The number of aromatic nitrogens is 3. The molecule has 1 saturated heterocycles. The number of ether oxygens (including phenoxy) is 4. The van der Waals surface area contributed by atoms with Crippen molar-refractivity contribution in [1.82, 2.24) is 19.9 Å². The van der Waals surface area contributed by atoms with E-state index in [4.69, 9.17) is 34.6 Å². The molecule has 164 valence electrons. The molecule has 0 saturated carbocycles. The summed E-state index contributed by atoms with van der Waals surface area (Å²) in [5.74, 6) is 1.27. The van der Waals surface area contributed by atoms with Gasteiger partial charge in [0.15, 0.2) is 17.1 Å². The number of nitrogen functional groups attached to an aromatic ring is 1. The molecule has 1 amide bonds. The third-order valence-corrected chi connectivity index (χ3v) is 5.58. The molecule has 1 fully saturated rings. The zero-order valence-corrected chi connectivity index (χ0v) is 17.3. The van der Waals surface area contributed by atoms with Crippen molar-refractivity contribution in [3.8, 4) is 11.5 Å². The molecule has 5 rings (SSSR count). The van der Waals surface area contributed by atoms with E-state index in [0.717, 1.165) is 19.4 Å². The van der Waals surface area contributed by atoms with Crippen LogP contribution >= 0.6 is 0 Å². The number of anilines is 1. The van der Waals surface area contributed by atoms with Crippen LogP contribution in [0.1, 0.15) is 23.2 Å². The Balaban J connectivity index is 1.65. The van der Waals surface area contributed by atoms with E-state index in [1.165, 1.54) is 0 Å². The number of rotatable bonds is 6. The minimum absolute atomic E-state index is 0.0278. The van der Waals surface area contributed by atoms with E-state index >= 15 is 0 Å². The number of carbonyl (C=O) groups is 1. The lowest BCUT2D eigenvalue weighted by Crippen LogP contribution is -2.28. The maximum atomic E-state index is 13.0. The van der Waals surface area contributed by atoms with Gasteiger partial charge < -0.3 is 34.6 Å². The van der Waals surface area contributed by atoms with Crippen LogP contribution in [0.4, 0.5) is 5.82 Å². The zero-order valence-electron chi connectivity index (χ0n) is 17.3. The van der Waals surface area contributed by atoms with E-state index < -0.39 is 0 Å². The van der Waals surface area contributed by atoms with Gasteiger partial charge in [-0.3, -0.25) is 4.79 Å². The van der Waals surface area contributed by atoms with Gasteiger partial charge >= 0.3 is 0 Å². The molecule has 3 N–H and O–H groups in total. The van der Waals surface area contributed by atoms with E-state index in [0.29, 0.717) is 78.0 Å². The SMILES string of the molecule is COCCNC(=O)c1c(N)n(CC2CCCO2)c2nc3cc4c(cc3nc12)OCCO4. The first-order chi connectivity index (χ1) is 15.2. The Kier molecular flexibility index (Phi) is 5.24. The molecule has 1 aromatic carbocycles. The lowest BCUT2D eigenvalue weighted by atomic mass is 10.2. The van der Waals surface area contributed by atoms with Crippen LogP contribution in [0, 0.1) is 0 Å². The van der Waals surface area contributed by atoms with Gasteiger partial charge in [0.05, 0.1) is 30.3 Å². The minimum Gasteiger partial charge on any atom is -0.486 e. The van der Waals surface area contributed by atoms with Gasteiger partial charge in [0.2, 0.25) is 0 Å². The van der Waals surface area contributed by atoms with Crippen molar-refractivity contribution in [1.29, 1.82) is 0 Å². The summed E-state index contributed by atoms with van der Waals surface area (Å²) in [5, 5.41) is 2.84. The molecule has 0 aliphatic carbocycles. The van der Waals surface area contributed by atoms with Crippen LogP contribution in [-0.2, 0) is 16.0 Å². The van der Waals surface area contributed by atoms with E-state index in [1.54, 1.807) is 13.2 Å². The smallest absolute Gasteiger partial charge is 0.257 e. The van der Waals surface area contributed by atoms with Crippen LogP contribution in [-0.4, -0.2) is 66.6 Å². The highest BCUT2D eigenvalue weighted by Gasteiger charge is 2.27. The molecule has 1 atom stereocenters. The Morgan fingerprint density at radius 1 is 1.23 bits per heavy atom. The Morgan fingerprint density at radius 3 is 2.65 bits per heavy atom. The molecule has 10 heteroatoms. The van der Waals surface area contributed by atoms with E-state index in [1.807, 2.05) is 10.6 Å². The van der Waals surface area contributed by atoms with Crippen LogP contribution in [0.3, 0.4) is 0 Å². The largest absolute Gasteiger partial charge is 0.486 e. The molecule has 1 unspecified atom stereocenters. The van der Waals surface area contributed by atoms with Crippen LogP contribution in [0.15, 0.2) is 12.1 Å². The second-order valence-corrected chi connectivity index (χ2v) is 7.63. The first kappa shape index (κ1) is 19.8. The molecule has 2 aliphatic heterocycles. The molecular formula is C21H25N5O5. The standard InChI is InChI=1S/C21H25N5O5/c1-28-6-4-23-21(27)17-18-20(26(19(17)22)11-12-3-2-5-29-12)25-14-10-16-15(9-13(14)24-18)30-7-8-31-16/h9-10,12H,2-8,11,22H2,1H3,(H,23,27). The summed E-state index contributed by atoms with van der Waals surface area (Å²) in [7, 11) is 1.58. The summed E-state index contributed by atoms with van der Waals surface area (Å²) in [6.45, 7) is 2.98. The first-order valence-corrected chi connectivity index (χ1v) is 10.4. The van der Waals surface area contributed by atoms with Gasteiger partial charge in [-0.1, -0.05) is 0 Å². The lowest BCUT2D eigenvalue weighted by Gasteiger charge is -2.18. The Hall–Kier alpha value is -3.11. The van der Waals surface area contributed by atoms with Crippen LogP contribution in [0.25, 0.3) is 22.2 Å². The van der Waals surface area contributed by atoms with Gasteiger partial charge in [0.25, 0.3) is 5.91 Å². The molecule has 2 aromatic heterocycles. The van der Waals surface area contributed by atoms with Crippen molar-refractivity contribution in [3.63, 3.8) is 0 Å². The number of nitrogens with two attached hydrogens (primary N) is 1. The quantitative estimate of drug-likeness (QED) is 0.568. The van der Waals surface area contributed by atoms with E-state index in [2.05, 4.69) is 5.32 Å². The monoisotopic (exact) mass is 427 g/mol. The van der Waals surface area contributed by atoms with Crippen LogP contribution in [0.2, 0.25) is 0 Å². The molecule has 4 heterocycles. The fourth-order valence-corrected chi connectivity index (χ4v) is 4.07. The molecule has 10 nitrogen and oxygen atoms in total. The fourth-order valence-electron chi connectivity index (χ4n) is 4.07. The summed E-state index contributed by atoms with van der Waals surface area (Å²) in [4.78, 5) is 22.5. The Labute approximate surface area is 178 Å². The number of methoxy groups -OCH3 is 1. The molecule has 0 spiro atoms. The summed E-state index contributed by atoms with van der Waals surface area (Å²) in [6.07, 6.45) is 1.97. The number of nitrogens with one attached hydrogen (secondary N) is 1. The van der Waals surface area contributed by atoms with E-state index in [-0.39, 0.29) is 12.0 Å². The number of amides is 1. The third kappa shape index (κ3) is 3.61. The summed E-state index contributed by atoms with van der Waals surface area (Å²) in [5.41, 5.74) is 9.04. The number of fused-ring (bicyclic) bond motifs is 3. The van der Waals surface area contributed by atoms with Crippen molar-refractivity contribution in [3.05, 3.63) is 17.7 Å². The van der Waals surface area contributed by atoms with Gasteiger partial charge in [-0.2, -0.15) is 0 Å². The second-order valence-electron chi connectivity index (χ2n) is 7.63. The molecule has 31 heavy (non-hydrogen) atoms. The lowest BCUT2D eigenvalue weighted by molar-refractivity contribution is 0.0934. The maximum Gasteiger partial charge on any atom is 0.257 e.